The van der Waals surface area contributed by atoms with Crippen molar-refractivity contribution in [3.05, 3.63) is 65.7 Å². The van der Waals surface area contributed by atoms with Crippen molar-refractivity contribution in [1.29, 1.82) is 0 Å². The van der Waals surface area contributed by atoms with Crippen LogP contribution in [0.15, 0.2) is 54.6 Å². The number of ether oxygens (including phenoxy) is 1. The first-order valence-corrected chi connectivity index (χ1v) is 5.26. The molecule has 0 saturated heterocycles. The Hall–Kier alpha value is -1.03. The third-order valence-corrected chi connectivity index (χ3v) is 2.35. The number of benzene rings is 2. The predicted molar refractivity (Wildman–Crippen MR) is 72.2 cm³/mol. The van der Waals surface area contributed by atoms with Crippen molar-refractivity contribution in [3.8, 4) is 5.75 Å². The summed E-state index contributed by atoms with van der Waals surface area (Å²) >= 11 is 0. The average molecular weight is 270 g/mol. The van der Waals surface area contributed by atoms with E-state index in [2.05, 4.69) is 0 Å². The van der Waals surface area contributed by atoms with Gasteiger partial charge in [-0.15, -0.1) is 0 Å². The van der Waals surface area contributed by atoms with Gasteiger partial charge in [0.15, 0.2) is 0 Å². The van der Waals surface area contributed by atoms with Crippen molar-refractivity contribution in [3.63, 3.8) is 0 Å². The minimum atomic E-state index is -0.931. The first-order valence-electron chi connectivity index (χ1n) is 5.26. The molecule has 4 heteroatoms. The molecule has 0 atom stereocenters. The van der Waals surface area contributed by atoms with Crippen molar-refractivity contribution in [2.24, 2.45) is 0 Å². The molecule has 0 radical (unpaired) electrons. The Labute approximate surface area is 138 Å². The quantitative estimate of drug-likeness (QED) is 0.869. The molecule has 2 aromatic carbocycles. The van der Waals surface area contributed by atoms with E-state index in [1.54, 1.807) is 12.1 Å². The number of rotatable bonds is 4. The molecule has 0 spiro atoms. The summed E-state index contributed by atoms with van der Waals surface area (Å²) in [5.74, 6) is -0.265. The first-order chi connectivity index (χ1) is 8.25. The second kappa shape index (κ2) is 7.41. The van der Waals surface area contributed by atoms with Gasteiger partial charge in [0.1, 0.15) is 12.4 Å². The van der Waals surface area contributed by atoms with Gasteiger partial charge >= 0.3 is 43.7 Å². The summed E-state index contributed by atoms with van der Waals surface area (Å²) in [6, 6.07) is 16.2. The van der Waals surface area contributed by atoms with Gasteiger partial charge in [-0.2, -0.15) is 0 Å². The van der Waals surface area contributed by atoms with E-state index in [0.29, 0.717) is 12.4 Å². The fourth-order valence-corrected chi connectivity index (χ4v) is 1.43. The van der Waals surface area contributed by atoms with Crippen LogP contribution in [0.25, 0.3) is 0 Å². The third-order valence-electron chi connectivity index (χ3n) is 2.35. The molecule has 0 aliphatic rings. The fourth-order valence-electron chi connectivity index (χ4n) is 1.43. The monoisotopic (exact) mass is 270 g/mol. The van der Waals surface area contributed by atoms with Crippen LogP contribution < -0.4 is 4.74 Å². The summed E-state index contributed by atoms with van der Waals surface area (Å²) in [5, 5.41) is 8.74. The summed E-state index contributed by atoms with van der Waals surface area (Å²) in [4.78, 5) is 10.7. The van der Waals surface area contributed by atoms with Crippen molar-refractivity contribution >= 4 is 43.7 Å². The second-order valence-electron chi connectivity index (χ2n) is 3.60. The molecule has 18 heavy (non-hydrogen) atoms. The Morgan fingerprint density at radius 1 is 1.06 bits per heavy atom. The van der Waals surface area contributed by atoms with Crippen LogP contribution in [0.2, 0.25) is 0 Å². The van der Waals surface area contributed by atoms with Crippen molar-refractivity contribution in [2.45, 2.75) is 6.61 Å². The fraction of sp³-hybridized carbons (Fsp3) is 0.0714. The van der Waals surface area contributed by atoms with E-state index in [1.807, 2.05) is 30.3 Å². The summed E-state index contributed by atoms with van der Waals surface area (Å²) in [6.07, 6.45) is 0. The number of hydrogen-bond donors (Lipinski definition) is 1. The zero-order chi connectivity index (χ0) is 12.1. The topological polar surface area (TPSA) is 46.5 Å². The molecule has 0 unspecified atom stereocenters. The molecule has 2 aromatic rings. The maximum Gasteiger partial charge on any atom is 2.00 e. The smallest absolute Gasteiger partial charge is 1.00 e. The molecule has 2 rings (SSSR count). The molecule has 90 valence electrons. The van der Waals surface area contributed by atoms with Crippen LogP contribution in [0.1, 0.15) is 18.8 Å². The third kappa shape index (κ3) is 4.33. The molecule has 0 fully saturated rings. The first kappa shape index (κ1) is 15.0. The molecule has 0 aromatic heterocycles. The van der Waals surface area contributed by atoms with Gasteiger partial charge in [0.2, 0.25) is 0 Å². The van der Waals surface area contributed by atoms with Crippen molar-refractivity contribution in [1.82, 2.24) is 0 Å². The molecular weight excluding hydrogens is 256 g/mol. The Balaban J connectivity index is 0. The Bertz CT molecular complexity index is 504. The number of hydrogen-bond acceptors (Lipinski definition) is 2. The number of carboxylic acids is 1. The zero-order valence-electron chi connectivity index (χ0n) is 11.9. The molecule has 0 aliphatic heterocycles. The molecule has 3 nitrogen and oxygen atoms in total. The molecule has 0 saturated carbocycles. The predicted octanol–water partition coefficient (Wildman–Crippen LogP) is 2.81. The largest absolute Gasteiger partial charge is 2.00 e. The van der Waals surface area contributed by atoms with E-state index in [-0.39, 0.29) is 46.2 Å². The Morgan fingerprint density at radius 2 is 1.67 bits per heavy atom. The van der Waals surface area contributed by atoms with Gasteiger partial charge in [-0.25, -0.2) is 4.79 Å². The van der Waals surface area contributed by atoms with Crippen LogP contribution >= 0.6 is 0 Å². The summed E-state index contributed by atoms with van der Waals surface area (Å²) in [7, 11) is 0. The summed E-state index contributed by atoms with van der Waals surface area (Å²) < 4.78 is 5.53. The van der Waals surface area contributed by atoms with E-state index in [9.17, 15) is 4.79 Å². The van der Waals surface area contributed by atoms with Gasteiger partial charge in [0.05, 0.1) is 5.56 Å². The van der Waals surface area contributed by atoms with Gasteiger partial charge < -0.3 is 12.7 Å². The van der Waals surface area contributed by atoms with Gasteiger partial charge in [-0.1, -0.05) is 30.3 Å². The molecule has 0 heterocycles. The number of aromatic carboxylic acids is 1. The van der Waals surface area contributed by atoms with Crippen LogP contribution in [0.5, 0.6) is 5.75 Å². The van der Waals surface area contributed by atoms with Crippen LogP contribution in [-0.2, 0) is 6.61 Å². The van der Waals surface area contributed by atoms with Crippen LogP contribution in [0, 0.1) is 0 Å². The number of carboxylic acid groups (broad SMARTS) is 1. The van der Waals surface area contributed by atoms with E-state index in [4.69, 9.17) is 9.84 Å². The van der Waals surface area contributed by atoms with Crippen LogP contribution in [-0.4, -0.2) is 48.8 Å². The van der Waals surface area contributed by atoms with Crippen molar-refractivity contribution in [2.75, 3.05) is 0 Å². The minimum absolute atomic E-state index is 0. The average Bonchev–Trinajstić information content (AvgIpc) is 2.38. The summed E-state index contributed by atoms with van der Waals surface area (Å²) in [5.41, 5.74) is 1.34. The van der Waals surface area contributed by atoms with E-state index in [1.165, 1.54) is 12.1 Å². The molecule has 0 aliphatic carbocycles. The van der Waals surface area contributed by atoms with E-state index in [0.717, 1.165) is 5.56 Å². The van der Waals surface area contributed by atoms with Crippen LogP contribution in [0.3, 0.4) is 0 Å². The standard InChI is InChI=1S/C14H12O3.Ca.2H/c15-14(16)12-6-8-13(9-7-12)17-10-11-4-2-1-3-5-11;;;/h1-9H,10H2,(H,15,16);;;/q;+2;2*-1. The Kier molecular flexibility index (Phi) is 6.19. The number of carbonyl (C=O) groups is 1. The Morgan fingerprint density at radius 3 is 2.22 bits per heavy atom. The minimum Gasteiger partial charge on any atom is -1.00 e. The normalized spacial score (nSPS) is 9.33. The molecule has 0 bridgehead atoms. The van der Waals surface area contributed by atoms with E-state index < -0.39 is 5.97 Å². The van der Waals surface area contributed by atoms with E-state index >= 15 is 0 Å². The molecule has 1 N–H and O–H groups in total. The van der Waals surface area contributed by atoms with Gasteiger partial charge in [-0.05, 0) is 29.8 Å². The van der Waals surface area contributed by atoms with Gasteiger partial charge in [0, 0.05) is 0 Å². The molecular formula is C14H14CaO3. The van der Waals surface area contributed by atoms with Crippen molar-refractivity contribution < 1.29 is 17.5 Å². The van der Waals surface area contributed by atoms with Gasteiger partial charge in [-0.3, -0.25) is 0 Å². The SMILES string of the molecule is O=C(O)c1ccc(OCc2ccccc2)cc1.[Ca+2].[H-].[H-]. The maximum absolute atomic E-state index is 10.7. The molecule has 0 amide bonds. The summed E-state index contributed by atoms with van der Waals surface area (Å²) in [6.45, 7) is 0.479. The zero-order valence-corrected chi connectivity index (χ0v) is 12.1. The van der Waals surface area contributed by atoms with Gasteiger partial charge in [0.25, 0.3) is 0 Å². The second-order valence-corrected chi connectivity index (χ2v) is 3.60. The van der Waals surface area contributed by atoms with Crippen LogP contribution in [0.4, 0.5) is 0 Å². The maximum atomic E-state index is 10.7.